The van der Waals surface area contributed by atoms with Crippen LogP contribution in [0.15, 0.2) is 72.8 Å². The number of aromatic hydroxyl groups is 1. The van der Waals surface area contributed by atoms with Crippen LogP contribution in [-0.2, 0) is 6.61 Å². The number of ether oxygens (including phenoxy) is 2. The summed E-state index contributed by atoms with van der Waals surface area (Å²) in [6, 6.07) is 18.9. The number of carbonyl (C=O) groups excluding carboxylic acids is 1. The van der Waals surface area contributed by atoms with Crippen molar-refractivity contribution in [2.24, 2.45) is 0 Å². The lowest BCUT2D eigenvalue weighted by molar-refractivity contribution is 0.104. The molecule has 0 aromatic heterocycles. The summed E-state index contributed by atoms with van der Waals surface area (Å²) in [5, 5.41) is 9.92. The summed E-state index contributed by atoms with van der Waals surface area (Å²) in [6.45, 7) is 0.303. The molecular formula is C23H19ClO4. The highest BCUT2D eigenvalue weighted by Gasteiger charge is 2.06. The molecule has 3 aromatic rings. The summed E-state index contributed by atoms with van der Waals surface area (Å²) in [5.74, 6) is 1.34. The zero-order valence-electron chi connectivity index (χ0n) is 15.3. The number of phenols is 1. The van der Waals surface area contributed by atoms with Crippen LogP contribution >= 0.6 is 11.6 Å². The van der Waals surface area contributed by atoms with Gasteiger partial charge in [0.05, 0.1) is 7.11 Å². The molecule has 0 unspecified atom stereocenters. The van der Waals surface area contributed by atoms with Crippen LogP contribution in [0, 0.1) is 0 Å². The van der Waals surface area contributed by atoms with Crippen LogP contribution in [0.2, 0.25) is 5.02 Å². The number of benzene rings is 3. The fourth-order valence-electron chi connectivity index (χ4n) is 2.63. The maximum absolute atomic E-state index is 12.2. The Balaban J connectivity index is 1.74. The SMILES string of the molecule is COc1ccc(/C=C/C(=O)c2ccc(O)cc2)cc1COc1cccc(Cl)c1. The smallest absolute Gasteiger partial charge is 0.185 e. The van der Waals surface area contributed by atoms with E-state index in [4.69, 9.17) is 21.1 Å². The van der Waals surface area contributed by atoms with E-state index in [-0.39, 0.29) is 11.5 Å². The van der Waals surface area contributed by atoms with Gasteiger partial charge in [0.25, 0.3) is 0 Å². The van der Waals surface area contributed by atoms with Gasteiger partial charge >= 0.3 is 0 Å². The average molecular weight is 395 g/mol. The minimum Gasteiger partial charge on any atom is -0.508 e. The highest BCUT2D eigenvalue weighted by Crippen LogP contribution is 2.24. The zero-order chi connectivity index (χ0) is 19.9. The second-order valence-corrected chi connectivity index (χ2v) is 6.50. The number of rotatable bonds is 7. The monoisotopic (exact) mass is 394 g/mol. The van der Waals surface area contributed by atoms with Gasteiger partial charge in [0.15, 0.2) is 5.78 Å². The van der Waals surface area contributed by atoms with E-state index in [0.29, 0.717) is 28.7 Å². The van der Waals surface area contributed by atoms with Crippen molar-refractivity contribution < 1.29 is 19.4 Å². The maximum atomic E-state index is 12.2. The molecule has 0 fully saturated rings. The van der Waals surface area contributed by atoms with Gasteiger partial charge in [-0.3, -0.25) is 4.79 Å². The lowest BCUT2D eigenvalue weighted by atomic mass is 10.1. The third-order valence-electron chi connectivity index (χ3n) is 4.07. The quantitative estimate of drug-likeness (QED) is 0.423. The summed E-state index contributed by atoms with van der Waals surface area (Å²) < 4.78 is 11.2. The number of halogens is 1. The van der Waals surface area contributed by atoms with Crippen LogP contribution in [0.4, 0.5) is 0 Å². The van der Waals surface area contributed by atoms with Crippen LogP contribution in [0.25, 0.3) is 6.08 Å². The van der Waals surface area contributed by atoms with Gasteiger partial charge in [-0.1, -0.05) is 29.8 Å². The van der Waals surface area contributed by atoms with Crippen molar-refractivity contribution in [2.45, 2.75) is 6.61 Å². The second-order valence-electron chi connectivity index (χ2n) is 6.06. The van der Waals surface area contributed by atoms with Crippen molar-refractivity contribution in [2.75, 3.05) is 7.11 Å². The molecule has 1 N–H and O–H groups in total. The summed E-state index contributed by atoms with van der Waals surface area (Å²) in [7, 11) is 1.60. The van der Waals surface area contributed by atoms with Gasteiger partial charge < -0.3 is 14.6 Å². The Bertz CT molecular complexity index is 994. The number of allylic oxidation sites excluding steroid dienone is 1. The minimum atomic E-state index is -0.146. The van der Waals surface area contributed by atoms with Gasteiger partial charge in [-0.15, -0.1) is 0 Å². The Morgan fingerprint density at radius 2 is 1.86 bits per heavy atom. The predicted octanol–water partition coefficient (Wildman–Crippen LogP) is 5.53. The van der Waals surface area contributed by atoms with E-state index >= 15 is 0 Å². The van der Waals surface area contributed by atoms with Crippen LogP contribution in [0.1, 0.15) is 21.5 Å². The standard InChI is InChI=1S/C23H19ClO4/c1-27-23-12-6-16(5-11-22(26)17-7-9-20(25)10-8-17)13-18(23)15-28-21-4-2-3-19(24)14-21/h2-14,25H,15H2,1H3/b11-5+. The Morgan fingerprint density at radius 1 is 1.07 bits per heavy atom. The van der Waals surface area contributed by atoms with E-state index in [9.17, 15) is 9.90 Å². The van der Waals surface area contributed by atoms with Gasteiger partial charge in [-0.2, -0.15) is 0 Å². The molecule has 0 amide bonds. The fourth-order valence-corrected chi connectivity index (χ4v) is 2.81. The fraction of sp³-hybridized carbons (Fsp3) is 0.0870. The molecule has 0 bridgehead atoms. The summed E-state index contributed by atoms with van der Waals surface area (Å²) in [5.41, 5.74) is 2.20. The van der Waals surface area contributed by atoms with E-state index in [1.54, 1.807) is 37.5 Å². The molecule has 142 valence electrons. The molecule has 0 saturated carbocycles. The number of methoxy groups -OCH3 is 1. The molecule has 28 heavy (non-hydrogen) atoms. The van der Waals surface area contributed by atoms with Crippen LogP contribution in [0.5, 0.6) is 17.2 Å². The van der Waals surface area contributed by atoms with Gasteiger partial charge in [-0.05, 0) is 66.2 Å². The van der Waals surface area contributed by atoms with Crippen LogP contribution in [-0.4, -0.2) is 18.0 Å². The third-order valence-corrected chi connectivity index (χ3v) is 4.31. The molecule has 0 heterocycles. The number of hydrogen-bond acceptors (Lipinski definition) is 4. The molecule has 0 radical (unpaired) electrons. The van der Waals surface area contributed by atoms with Gasteiger partial charge in [0, 0.05) is 16.1 Å². The zero-order valence-corrected chi connectivity index (χ0v) is 16.0. The molecule has 3 aromatic carbocycles. The molecular weight excluding hydrogens is 376 g/mol. The van der Waals surface area contributed by atoms with E-state index in [2.05, 4.69) is 0 Å². The third kappa shape index (κ3) is 5.15. The van der Waals surface area contributed by atoms with E-state index in [1.165, 1.54) is 18.2 Å². The van der Waals surface area contributed by atoms with Crippen molar-refractivity contribution in [1.82, 2.24) is 0 Å². The van der Waals surface area contributed by atoms with Crippen molar-refractivity contribution >= 4 is 23.5 Å². The Labute approximate surface area is 168 Å². The highest BCUT2D eigenvalue weighted by molar-refractivity contribution is 6.30. The predicted molar refractivity (Wildman–Crippen MR) is 110 cm³/mol. The maximum Gasteiger partial charge on any atom is 0.185 e. The molecule has 3 rings (SSSR count). The highest BCUT2D eigenvalue weighted by atomic mass is 35.5. The number of phenolic OH excluding ortho intramolecular Hbond substituents is 1. The molecule has 0 spiro atoms. The lowest BCUT2D eigenvalue weighted by Crippen LogP contribution is -1.99. The first-order chi connectivity index (χ1) is 13.5. The Kier molecular flexibility index (Phi) is 6.35. The Hall–Kier alpha value is -3.24. The molecule has 0 aliphatic carbocycles. The molecule has 5 heteroatoms. The second kappa shape index (κ2) is 9.11. The molecule has 0 atom stereocenters. The summed E-state index contributed by atoms with van der Waals surface area (Å²) in [6.07, 6.45) is 3.23. The average Bonchev–Trinajstić information content (AvgIpc) is 2.71. The van der Waals surface area contributed by atoms with Gasteiger partial charge in [0.1, 0.15) is 23.9 Å². The van der Waals surface area contributed by atoms with Crippen molar-refractivity contribution in [3.05, 3.63) is 94.5 Å². The summed E-state index contributed by atoms with van der Waals surface area (Å²) >= 11 is 5.98. The van der Waals surface area contributed by atoms with Gasteiger partial charge in [-0.25, -0.2) is 0 Å². The van der Waals surface area contributed by atoms with Crippen LogP contribution < -0.4 is 9.47 Å². The largest absolute Gasteiger partial charge is 0.508 e. The van der Waals surface area contributed by atoms with Crippen molar-refractivity contribution in [1.29, 1.82) is 0 Å². The van der Waals surface area contributed by atoms with Crippen molar-refractivity contribution in [3.63, 3.8) is 0 Å². The van der Waals surface area contributed by atoms with Gasteiger partial charge in [0.2, 0.25) is 0 Å². The molecule has 0 aliphatic heterocycles. The first-order valence-corrected chi connectivity index (χ1v) is 8.99. The topological polar surface area (TPSA) is 55.8 Å². The summed E-state index contributed by atoms with van der Waals surface area (Å²) in [4.78, 5) is 12.2. The number of carbonyl (C=O) groups is 1. The number of ketones is 1. The number of hydrogen-bond donors (Lipinski definition) is 1. The first-order valence-electron chi connectivity index (χ1n) is 8.62. The molecule has 0 saturated heterocycles. The molecule has 0 aliphatic rings. The van der Waals surface area contributed by atoms with Crippen molar-refractivity contribution in [3.8, 4) is 17.2 Å². The lowest BCUT2D eigenvalue weighted by Gasteiger charge is -2.11. The van der Waals surface area contributed by atoms with E-state index in [0.717, 1.165) is 11.1 Å². The first kappa shape index (κ1) is 19.5. The van der Waals surface area contributed by atoms with Crippen LogP contribution in [0.3, 0.4) is 0 Å². The van der Waals surface area contributed by atoms with E-state index < -0.39 is 0 Å². The molecule has 4 nitrogen and oxygen atoms in total. The minimum absolute atomic E-state index is 0.125. The van der Waals surface area contributed by atoms with E-state index in [1.807, 2.05) is 30.3 Å². The normalized spacial score (nSPS) is 10.8. The Morgan fingerprint density at radius 3 is 2.57 bits per heavy atom.